The summed E-state index contributed by atoms with van der Waals surface area (Å²) in [5.74, 6) is 0.240. The topological polar surface area (TPSA) is 80.8 Å². The van der Waals surface area contributed by atoms with Crippen LogP contribution < -0.4 is 19.7 Å². The van der Waals surface area contributed by atoms with Crippen LogP contribution in [0.5, 0.6) is 11.5 Å². The standard InChI is InChI=1S/C24H22ClN3O4/c1-31-21-8-7-19(12-22(21)32-15-16-4-3-9-26-13-16)27-24(30)17-10-23(29)28(14-17)20-6-2-5-18(25)11-20/h2-9,11-13,17H,10,14-15H2,1H3,(H,27,30). The van der Waals surface area contributed by atoms with E-state index in [9.17, 15) is 9.59 Å². The van der Waals surface area contributed by atoms with E-state index in [2.05, 4.69) is 10.3 Å². The molecule has 1 fully saturated rings. The fourth-order valence-corrected chi connectivity index (χ4v) is 3.72. The summed E-state index contributed by atoms with van der Waals surface area (Å²) in [7, 11) is 1.55. The Labute approximate surface area is 190 Å². The summed E-state index contributed by atoms with van der Waals surface area (Å²) in [6.07, 6.45) is 3.56. The number of nitrogens with zero attached hydrogens (tertiary/aromatic N) is 2. The molecule has 1 saturated heterocycles. The van der Waals surface area contributed by atoms with Crippen LogP contribution in [-0.4, -0.2) is 30.5 Å². The van der Waals surface area contributed by atoms with E-state index in [1.54, 1.807) is 66.9 Å². The third kappa shape index (κ3) is 5.00. The normalized spacial score (nSPS) is 15.5. The SMILES string of the molecule is COc1ccc(NC(=O)C2CC(=O)N(c3cccc(Cl)c3)C2)cc1OCc1cccnc1. The monoisotopic (exact) mass is 451 g/mol. The number of benzene rings is 2. The molecule has 1 atom stereocenters. The molecular weight excluding hydrogens is 430 g/mol. The summed E-state index contributed by atoms with van der Waals surface area (Å²) in [5.41, 5.74) is 2.16. The summed E-state index contributed by atoms with van der Waals surface area (Å²) in [5, 5.41) is 3.43. The molecule has 2 aromatic carbocycles. The van der Waals surface area contributed by atoms with Crippen LogP contribution >= 0.6 is 11.6 Å². The van der Waals surface area contributed by atoms with E-state index in [0.29, 0.717) is 41.0 Å². The minimum Gasteiger partial charge on any atom is -0.493 e. The zero-order valence-electron chi connectivity index (χ0n) is 17.5. The highest BCUT2D eigenvalue weighted by molar-refractivity contribution is 6.31. The molecule has 1 aliphatic rings. The number of aromatic nitrogens is 1. The maximum atomic E-state index is 12.9. The number of hydrogen-bond acceptors (Lipinski definition) is 5. The molecule has 1 aromatic heterocycles. The first-order chi connectivity index (χ1) is 15.5. The Morgan fingerprint density at radius 1 is 1.19 bits per heavy atom. The maximum absolute atomic E-state index is 12.9. The first-order valence-electron chi connectivity index (χ1n) is 10.1. The molecule has 4 rings (SSSR count). The van der Waals surface area contributed by atoms with Crippen molar-refractivity contribution in [2.24, 2.45) is 5.92 Å². The predicted molar refractivity (Wildman–Crippen MR) is 122 cm³/mol. The van der Waals surface area contributed by atoms with Crippen LogP contribution in [0.1, 0.15) is 12.0 Å². The first kappa shape index (κ1) is 21.6. The van der Waals surface area contributed by atoms with E-state index in [1.165, 1.54) is 0 Å². The molecule has 7 nitrogen and oxygen atoms in total. The second kappa shape index (κ2) is 9.70. The van der Waals surface area contributed by atoms with Gasteiger partial charge in [0, 0.05) is 53.4 Å². The van der Waals surface area contributed by atoms with Gasteiger partial charge in [0.15, 0.2) is 11.5 Å². The lowest BCUT2D eigenvalue weighted by Gasteiger charge is -2.17. The number of anilines is 2. The van der Waals surface area contributed by atoms with Crippen molar-refractivity contribution in [1.82, 2.24) is 4.98 Å². The number of carbonyl (C=O) groups excluding carboxylic acids is 2. The Bertz CT molecular complexity index is 1120. The van der Waals surface area contributed by atoms with Crippen LogP contribution in [0.25, 0.3) is 0 Å². The predicted octanol–water partition coefficient (Wildman–Crippen LogP) is 4.31. The van der Waals surface area contributed by atoms with E-state index in [-0.39, 0.29) is 18.2 Å². The maximum Gasteiger partial charge on any atom is 0.229 e. The van der Waals surface area contributed by atoms with Gasteiger partial charge in [-0.05, 0) is 36.4 Å². The van der Waals surface area contributed by atoms with E-state index < -0.39 is 5.92 Å². The molecule has 2 amide bonds. The quantitative estimate of drug-likeness (QED) is 0.578. The third-order valence-corrected chi connectivity index (χ3v) is 5.40. The van der Waals surface area contributed by atoms with E-state index in [1.807, 2.05) is 12.1 Å². The van der Waals surface area contributed by atoms with Crippen LogP contribution in [0.2, 0.25) is 5.02 Å². The number of carbonyl (C=O) groups is 2. The molecule has 0 bridgehead atoms. The van der Waals surface area contributed by atoms with Gasteiger partial charge in [-0.2, -0.15) is 0 Å². The van der Waals surface area contributed by atoms with Gasteiger partial charge in [0.05, 0.1) is 13.0 Å². The van der Waals surface area contributed by atoms with E-state index >= 15 is 0 Å². The van der Waals surface area contributed by atoms with Crippen molar-refractivity contribution in [3.8, 4) is 11.5 Å². The largest absolute Gasteiger partial charge is 0.493 e. The summed E-state index contributed by atoms with van der Waals surface area (Å²) in [6, 6.07) is 16.0. The van der Waals surface area contributed by atoms with Crippen LogP contribution in [0, 0.1) is 5.92 Å². The van der Waals surface area contributed by atoms with Crippen molar-refractivity contribution in [1.29, 1.82) is 0 Å². The number of methoxy groups -OCH3 is 1. The highest BCUT2D eigenvalue weighted by Crippen LogP contribution is 2.32. The molecule has 32 heavy (non-hydrogen) atoms. The van der Waals surface area contributed by atoms with Crippen LogP contribution in [-0.2, 0) is 16.2 Å². The van der Waals surface area contributed by atoms with E-state index in [0.717, 1.165) is 5.56 Å². The second-order valence-corrected chi connectivity index (χ2v) is 7.83. The van der Waals surface area contributed by atoms with Crippen molar-refractivity contribution in [2.75, 3.05) is 23.9 Å². The molecule has 2 heterocycles. The van der Waals surface area contributed by atoms with Crippen molar-refractivity contribution >= 4 is 34.8 Å². The van der Waals surface area contributed by atoms with Gasteiger partial charge in [-0.1, -0.05) is 23.7 Å². The lowest BCUT2D eigenvalue weighted by atomic mass is 10.1. The van der Waals surface area contributed by atoms with Gasteiger partial charge in [-0.15, -0.1) is 0 Å². The Balaban J connectivity index is 1.43. The van der Waals surface area contributed by atoms with E-state index in [4.69, 9.17) is 21.1 Å². The molecular formula is C24H22ClN3O4. The number of rotatable bonds is 7. The average molecular weight is 452 g/mol. The summed E-state index contributed by atoms with van der Waals surface area (Å²) in [4.78, 5) is 31.0. The van der Waals surface area contributed by atoms with Gasteiger partial charge in [-0.25, -0.2) is 0 Å². The highest BCUT2D eigenvalue weighted by Gasteiger charge is 2.35. The van der Waals surface area contributed by atoms with Gasteiger partial charge in [0.1, 0.15) is 6.61 Å². The fraction of sp³-hybridized carbons (Fsp3) is 0.208. The Morgan fingerprint density at radius 3 is 2.81 bits per heavy atom. The number of pyridine rings is 1. The minimum absolute atomic E-state index is 0.109. The Morgan fingerprint density at radius 2 is 2.06 bits per heavy atom. The lowest BCUT2D eigenvalue weighted by Crippen LogP contribution is -2.28. The number of hydrogen-bond donors (Lipinski definition) is 1. The molecule has 1 N–H and O–H groups in total. The molecule has 3 aromatic rings. The summed E-state index contributed by atoms with van der Waals surface area (Å²) < 4.78 is 11.2. The molecule has 8 heteroatoms. The molecule has 0 spiro atoms. The zero-order chi connectivity index (χ0) is 22.5. The smallest absolute Gasteiger partial charge is 0.229 e. The number of ether oxygens (including phenoxy) is 2. The zero-order valence-corrected chi connectivity index (χ0v) is 18.2. The first-order valence-corrected chi connectivity index (χ1v) is 10.5. The average Bonchev–Trinajstić information content (AvgIpc) is 3.20. The number of nitrogens with one attached hydrogen (secondary N) is 1. The second-order valence-electron chi connectivity index (χ2n) is 7.39. The Hall–Kier alpha value is -3.58. The number of halogens is 1. The number of amides is 2. The van der Waals surface area contributed by atoms with Gasteiger partial charge in [0.2, 0.25) is 11.8 Å². The minimum atomic E-state index is -0.469. The molecule has 0 saturated carbocycles. The summed E-state index contributed by atoms with van der Waals surface area (Å²) >= 11 is 6.04. The third-order valence-electron chi connectivity index (χ3n) is 5.16. The van der Waals surface area contributed by atoms with Crippen LogP contribution in [0.3, 0.4) is 0 Å². The van der Waals surface area contributed by atoms with Gasteiger partial charge in [0.25, 0.3) is 0 Å². The molecule has 0 aliphatic carbocycles. The van der Waals surface area contributed by atoms with Gasteiger partial charge in [-0.3, -0.25) is 14.6 Å². The molecule has 1 unspecified atom stereocenters. The van der Waals surface area contributed by atoms with Crippen LogP contribution in [0.4, 0.5) is 11.4 Å². The van der Waals surface area contributed by atoms with Crippen molar-refractivity contribution in [3.63, 3.8) is 0 Å². The molecule has 0 radical (unpaired) electrons. The highest BCUT2D eigenvalue weighted by atomic mass is 35.5. The lowest BCUT2D eigenvalue weighted by molar-refractivity contribution is -0.122. The van der Waals surface area contributed by atoms with Crippen molar-refractivity contribution < 1.29 is 19.1 Å². The molecule has 1 aliphatic heterocycles. The van der Waals surface area contributed by atoms with Crippen molar-refractivity contribution in [3.05, 3.63) is 77.6 Å². The summed E-state index contributed by atoms with van der Waals surface area (Å²) in [6.45, 7) is 0.610. The van der Waals surface area contributed by atoms with Gasteiger partial charge >= 0.3 is 0 Å². The fourth-order valence-electron chi connectivity index (χ4n) is 3.53. The van der Waals surface area contributed by atoms with Crippen molar-refractivity contribution in [2.45, 2.75) is 13.0 Å². The molecule has 164 valence electrons. The van der Waals surface area contributed by atoms with Crippen LogP contribution in [0.15, 0.2) is 67.0 Å². The Kier molecular flexibility index (Phi) is 6.56. The van der Waals surface area contributed by atoms with Gasteiger partial charge < -0.3 is 19.7 Å².